The number of hydrogen-bond donors (Lipinski definition) is 1. The quantitative estimate of drug-likeness (QED) is 0.859. The normalized spacial score (nSPS) is 12.7. The van der Waals surface area contributed by atoms with Gasteiger partial charge in [0.05, 0.1) is 0 Å². The molecule has 0 bridgehead atoms. The van der Waals surface area contributed by atoms with Crippen LogP contribution >= 0.6 is 11.6 Å². The van der Waals surface area contributed by atoms with Crippen molar-refractivity contribution in [3.8, 4) is 0 Å². The van der Waals surface area contributed by atoms with E-state index in [1.54, 1.807) is 52.0 Å². The van der Waals surface area contributed by atoms with Crippen molar-refractivity contribution in [3.63, 3.8) is 0 Å². The lowest BCUT2D eigenvalue weighted by Crippen LogP contribution is -2.38. The summed E-state index contributed by atoms with van der Waals surface area (Å²) in [4.78, 5) is 23.6. The number of amides is 1. The summed E-state index contributed by atoms with van der Waals surface area (Å²) < 4.78 is 5.13. The van der Waals surface area contributed by atoms with E-state index in [0.717, 1.165) is 0 Å². The smallest absolute Gasteiger partial charge is 0.407 e. The van der Waals surface area contributed by atoms with E-state index in [4.69, 9.17) is 16.3 Å². The Bertz CT molecular complexity index is 494. The highest BCUT2D eigenvalue weighted by molar-refractivity contribution is 6.31. The predicted molar refractivity (Wildman–Crippen MR) is 79.2 cm³/mol. The molecule has 0 aromatic heterocycles. The molecule has 0 spiro atoms. The molecule has 1 aromatic rings. The number of hydrogen-bond acceptors (Lipinski definition) is 3. The summed E-state index contributed by atoms with van der Waals surface area (Å²) in [5.41, 5.74) is -0.0174. The number of ether oxygens (including phenoxy) is 1. The van der Waals surface area contributed by atoms with Gasteiger partial charge < -0.3 is 10.1 Å². The maximum atomic E-state index is 12.0. The number of Topliss-reactive ketones (excluding diaryl/α,β-unsaturated/α-hetero) is 1. The lowest BCUT2D eigenvalue weighted by atomic mass is 10.0. The molecule has 1 rings (SSSR count). The van der Waals surface area contributed by atoms with E-state index in [-0.39, 0.29) is 18.2 Å². The van der Waals surface area contributed by atoms with Crippen molar-refractivity contribution in [1.29, 1.82) is 0 Å². The van der Waals surface area contributed by atoms with Gasteiger partial charge in [-0.3, -0.25) is 4.79 Å². The van der Waals surface area contributed by atoms with E-state index in [9.17, 15) is 9.59 Å². The summed E-state index contributed by atoms with van der Waals surface area (Å²) in [6, 6.07) is 6.44. The molecule has 0 aliphatic heterocycles. The van der Waals surface area contributed by atoms with E-state index in [1.807, 2.05) is 0 Å². The van der Waals surface area contributed by atoms with Crippen molar-refractivity contribution >= 4 is 23.5 Å². The topological polar surface area (TPSA) is 55.4 Å². The maximum absolute atomic E-state index is 12.0. The second-order valence-electron chi connectivity index (χ2n) is 5.68. The zero-order chi connectivity index (χ0) is 15.3. The third-order valence-electron chi connectivity index (χ3n) is 2.40. The Labute approximate surface area is 124 Å². The molecule has 0 radical (unpaired) electrons. The summed E-state index contributed by atoms with van der Waals surface area (Å²) >= 11 is 5.84. The van der Waals surface area contributed by atoms with Crippen LogP contribution in [0.4, 0.5) is 4.79 Å². The summed E-state index contributed by atoms with van der Waals surface area (Å²) in [5, 5.41) is 3.15. The molecule has 0 fully saturated rings. The summed E-state index contributed by atoms with van der Waals surface area (Å²) in [7, 11) is 0. The van der Waals surface area contributed by atoms with Crippen LogP contribution in [-0.4, -0.2) is 23.5 Å². The third kappa shape index (κ3) is 6.06. The summed E-state index contributed by atoms with van der Waals surface area (Å²) in [5.74, 6) is -0.0731. The molecule has 5 heteroatoms. The Balaban J connectivity index is 2.52. The number of carbonyl (C=O) groups is 2. The van der Waals surface area contributed by atoms with E-state index in [1.165, 1.54) is 0 Å². The van der Waals surface area contributed by atoms with Crippen molar-refractivity contribution in [1.82, 2.24) is 5.32 Å². The average Bonchev–Trinajstić information content (AvgIpc) is 2.25. The zero-order valence-electron chi connectivity index (χ0n) is 12.2. The Hall–Kier alpha value is -1.55. The largest absolute Gasteiger partial charge is 0.444 e. The van der Waals surface area contributed by atoms with Crippen LogP contribution in [0, 0.1) is 0 Å². The molecule has 1 amide bonds. The number of ketones is 1. The molecule has 0 saturated heterocycles. The highest BCUT2D eigenvalue weighted by Gasteiger charge is 2.19. The van der Waals surface area contributed by atoms with Crippen LogP contribution in [0.3, 0.4) is 0 Å². The van der Waals surface area contributed by atoms with Crippen molar-refractivity contribution in [2.24, 2.45) is 0 Å². The monoisotopic (exact) mass is 297 g/mol. The lowest BCUT2D eigenvalue weighted by Gasteiger charge is -2.21. The molecule has 1 unspecified atom stereocenters. The Morgan fingerprint density at radius 1 is 1.35 bits per heavy atom. The number of benzene rings is 1. The summed E-state index contributed by atoms with van der Waals surface area (Å²) in [6.07, 6.45) is -0.330. The van der Waals surface area contributed by atoms with Crippen LogP contribution in [0.5, 0.6) is 0 Å². The molecular weight excluding hydrogens is 278 g/mol. The van der Waals surface area contributed by atoms with Crippen molar-refractivity contribution < 1.29 is 14.3 Å². The van der Waals surface area contributed by atoms with Crippen LogP contribution in [0.15, 0.2) is 24.3 Å². The van der Waals surface area contributed by atoms with Crippen molar-refractivity contribution in [3.05, 3.63) is 34.9 Å². The van der Waals surface area contributed by atoms with Crippen LogP contribution in [0.1, 0.15) is 44.5 Å². The van der Waals surface area contributed by atoms with E-state index >= 15 is 0 Å². The predicted octanol–water partition coefficient (Wildman–Crippen LogP) is 3.83. The first-order chi connectivity index (χ1) is 9.17. The van der Waals surface area contributed by atoms with E-state index in [0.29, 0.717) is 10.6 Å². The van der Waals surface area contributed by atoms with Gasteiger partial charge in [0.25, 0.3) is 0 Å². The molecule has 1 N–H and O–H groups in total. The molecule has 0 heterocycles. The number of carbonyl (C=O) groups excluding carboxylic acids is 2. The fourth-order valence-electron chi connectivity index (χ4n) is 1.62. The van der Waals surface area contributed by atoms with Gasteiger partial charge in [-0.05, 0) is 39.8 Å². The third-order valence-corrected chi connectivity index (χ3v) is 2.64. The van der Waals surface area contributed by atoms with Gasteiger partial charge in [0.2, 0.25) is 0 Å². The fraction of sp³-hybridized carbons (Fsp3) is 0.467. The second-order valence-corrected chi connectivity index (χ2v) is 6.12. The minimum atomic E-state index is -0.555. The van der Waals surface area contributed by atoms with Gasteiger partial charge in [-0.2, -0.15) is 0 Å². The van der Waals surface area contributed by atoms with Crippen LogP contribution in [-0.2, 0) is 4.74 Å². The van der Waals surface area contributed by atoms with Gasteiger partial charge in [0.15, 0.2) is 5.78 Å². The number of alkyl carbamates (subject to hydrolysis) is 1. The molecular formula is C15H20ClNO3. The van der Waals surface area contributed by atoms with E-state index in [2.05, 4.69) is 5.32 Å². The van der Waals surface area contributed by atoms with Crippen LogP contribution in [0.2, 0.25) is 5.02 Å². The van der Waals surface area contributed by atoms with E-state index < -0.39 is 11.7 Å². The SMILES string of the molecule is CC(CC(=O)c1cccc(Cl)c1)NC(=O)OC(C)(C)C. The Morgan fingerprint density at radius 2 is 2.00 bits per heavy atom. The van der Waals surface area contributed by atoms with Crippen molar-refractivity contribution in [2.45, 2.75) is 45.8 Å². The molecule has 1 atom stereocenters. The molecule has 0 aliphatic carbocycles. The minimum absolute atomic E-state index is 0.0731. The first-order valence-electron chi connectivity index (χ1n) is 6.45. The average molecular weight is 298 g/mol. The lowest BCUT2D eigenvalue weighted by molar-refractivity contribution is 0.0506. The first kappa shape index (κ1) is 16.5. The van der Waals surface area contributed by atoms with Gasteiger partial charge in [-0.1, -0.05) is 23.7 Å². The first-order valence-corrected chi connectivity index (χ1v) is 6.83. The highest BCUT2D eigenvalue weighted by Crippen LogP contribution is 2.13. The van der Waals surface area contributed by atoms with Gasteiger partial charge in [-0.25, -0.2) is 4.79 Å². The minimum Gasteiger partial charge on any atom is -0.444 e. The van der Waals surface area contributed by atoms with Gasteiger partial charge in [-0.15, -0.1) is 0 Å². The molecule has 4 nitrogen and oxygen atoms in total. The van der Waals surface area contributed by atoms with Crippen LogP contribution < -0.4 is 5.32 Å². The standard InChI is InChI=1S/C15H20ClNO3/c1-10(17-14(19)20-15(2,3)4)8-13(18)11-6-5-7-12(16)9-11/h5-7,9-10H,8H2,1-4H3,(H,17,19). The van der Waals surface area contributed by atoms with Gasteiger partial charge in [0.1, 0.15) is 5.60 Å². The molecule has 110 valence electrons. The molecule has 20 heavy (non-hydrogen) atoms. The van der Waals surface area contributed by atoms with Gasteiger partial charge in [0, 0.05) is 23.0 Å². The van der Waals surface area contributed by atoms with Crippen LogP contribution in [0.25, 0.3) is 0 Å². The Kier molecular flexibility index (Phi) is 5.57. The number of halogens is 1. The highest BCUT2D eigenvalue weighted by atomic mass is 35.5. The molecule has 0 saturated carbocycles. The second kappa shape index (κ2) is 6.75. The maximum Gasteiger partial charge on any atom is 0.407 e. The van der Waals surface area contributed by atoms with Gasteiger partial charge >= 0.3 is 6.09 Å². The fourth-order valence-corrected chi connectivity index (χ4v) is 1.81. The Morgan fingerprint density at radius 3 is 2.55 bits per heavy atom. The molecule has 0 aliphatic rings. The summed E-state index contributed by atoms with van der Waals surface area (Å²) in [6.45, 7) is 7.11. The molecule has 1 aromatic carbocycles. The number of rotatable bonds is 4. The zero-order valence-corrected chi connectivity index (χ0v) is 13.0. The van der Waals surface area contributed by atoms with Crippen molar-refractivity contribution in [2.75, 3.05) is 0 Å². The number of nitrogens with one attached hydrogen (secondary N) is 1.